The van der Waals surface area contributed by atoms with Gasteiger partial charge in [-0.3, -0.25) is 9.36 Å². The number of carbonyl (C=O) groups is 1. The van der Waals surface area contributed by atoms with Crippen molar-refractivity contribution in [3.8, 4) is 11.4 Å². The maximum absolute atomic E-state index is 12.4. The lowest BCUT2D eigenvalue weighted by Crippen LogP contribution is -2.29. The van der Waals surface area contributed by atoms with Gasteiger partial charge in [0.15, 0.2) is 11.0 Å². The number of thioether (sulfide) groups is 1. The van der Waals surface area contributed by atoms with Gasteiger partial charge >= 0.3 is 0 Å². The van der Waals surface area contributed by atoms with Crippen LogP contribution in [0.2, 0.25) is 0 Å². The third kappa shape index (κ3) is 2.80. The third-order valence-electron chi connectivity index (χ3n) is 5.19. The molecule has 2 aromatic heterocycles. The van der Waals surface area contributed by atoms with E-state index in [0.717, 1.165) is 66.2 Å². The Morgan fingerprint density at radius 2 is 2.00 bits per heavy atom. The summed E-state index contributed by atoms with van der Waals surface area (Å²) in [6, 6.07) is 8.71. The van der Waals surface area contributed by atoms with Gasteiger partial charge in [-0.1, -0.05) is 30.0 Å². The molecule has 1 aliphatic carbocycles. The van der Waals surface area contributed by atoms with Gasteiger partial charge in [-0.05, 0) is 31.7 Å². The van der Waals surface area contributed by atoms with Crippen LogP contribution in [0.5, 0.6) is 0 Å². The lowest BCUT2D eigenvalue weighted by atomic mass is 10.1. The largest absolute Gasteiger partial charge is 0.360 e. The minimum atomic E-state index is 0.214. The van der Waals surface area contributed by atoms with E-state index in [1.165, 1.54) is 11.8 Å². The van der Waals surface area contributed by atoms with E-state index in [0.29, 0.717) is 11.8 Å². The number of nitrogens with zero attached hydrogens (tertiary/aromatic N) is 4. The fourth-order valence-electron chi connectivity index (χ4n) is 3.66. The molecule has 1 amide bonds. The summed E-state index contributed by atoms with van der Waals surface area (Å²) in [5.74, 6) is 1.56. The van der Waals surface area contributed by atoms with E-state index in [2.05, 4.69) is 31.9 Å². The van der Waals surface area contributed by atoms with Gasteiger partial charge in [-0.2, -0.15) is 0 Å². The Kier molecular flexibility index (Phi) is 3.96. The number of rotatable bonds is 5. The Morgan fingerprint density at radius 1 is 1.19 bits per heavy atom. The zero-order valence-electron chi connectivity index (χ0n) is 14.5. The summed E-state index contributed by atoms with van der Waals surface area (Å²) in [7, 11) is 0. The summed E-state index contributed by atoms with van der Waals surface area (Å²) in [5, 5.41) is 10.9. The molecule has 1 saturated carbocycles. The van der Waals surface area contributed by atoms with Crippen LogP contribution in [0.25, 0.3) is 22.3 Å². The van der Waals surface area contributed by atoms with Crippen LogP contribution in [-0.2, 0) is 4.79 Å². The molecule has 2 fully saturated rings. The first-order valence-corrected chi connectivity index (χ1v) is 10.2. The molecule has 134 valence electrons. The molecule has 1 saturated heterocycles. The van der Waals surface area contributed by atoms with Gasteiger partial charge in [-0.15, -0.1) is 10.2 Å². The van der Waals surface area contributed by atoms with Crippen LogP contribution < -0.4 is 0 Å². The Morgan fingerprint density at radius 3 is 2.81 bits per heavy atom. The maximum atomic E-state index is 12.4. The van der Waals surface area contributed by atoms with E-state index in [4.69, 9.17) is 0 Å². The zero-order chi connectivity index (χ0) is 17.5. The first-order valence-electron chi connectivity index (χ1n) is 9.23. The first kappa shape index (κ1) is 15.9. The number of amides is 1. The summed E-state index contributed by atoms with van der Waals surface area (Å²) in [4.78, 5) is 17.7. The van der Waals surface area contributed by atoms with E-state index in [1.54, 1.807) is 0 Å². The number of fused-ring (bicyclic) bond motifs is 1. The van der Waals surface area contributed by atoms with E-state index < -0.39 is 0 Å². The molecule has 1 aromatic carbocycles. The highest BCUT2D eigenvalue weighted by molar-refractivity contribution is 7.99. The van der Waals surface area contributed by atoms with Gasteiger partial charge in [-0.25, -0.2) is 0 Å². The molecule has 3 heterocycles. The van der Waals surface area contributed by atoms with E-state index in [1.807, 2.05) is 23.2 Å². The highest BCUT2D eigenvalue weighted by atomic mass is 32.2. The van der Waals surface area contributed by atoms with Crippen LogP contribution in [-0.4, -0.2) is 49.4 Å². The molecule has 6 nitrogen and oxygen atoms in total. The van der Waals surface area contributed by atoms with Crippen LogP contribution in [0.15, 0.2) is 35.6 Å². The number of hydrogen-bond acceptors (Lipinski definition) is 4. The normalized spacial score (nSPS) is 17.3. The number of likely N-dealkylation sites (tertiary alicyclic amines) is 1. The lowest BCUT2D eigenvalue weighted by Gasteiger charge is -2.14. The van der Waals surface area contributed by atoms with Crippen molar-refractivity contribution in [1.29, 1.82) is 0 Å². The SMILES string of the molecule is O=C(CSc1nnc(-c2c[nH]c3ccccc23)n1C1CC1)N1CCCC1. The zero-order valence-corrected chi connectivity index (χ0v) is 15.3. The Labute approximate surface area is 156 Å². The number of H-pyrrole nitrogens is 1. The quantitative estimate of drug-likeness (QED) is 0.701. The van der Waals surface area contributed by atoms with Crippen LogP contribution >= 0.6 is 11.8 Å². The topological polar surface area (TPSA) is 66.8 Å². The van der Waals surface area contributed by atoms with Gasteiger partial charge in [0.25, 0.3) is 0 Å². The molecule has 1 aliphatic heterocycles. The minimum Gasteiger partial charge on any atom is -0.360 e. The molecular formula is C19H21N5OS. The summed E-state index contributed by atoms with van der Waals surface area (Å²) >= 11 is 1.52. The molecule has 0 bridgehead atoms. The number of aromatic nitrogens is 4. The number of carbonyl (C=O) groups excluding carboxylic acids is 1. The molecule has 1 N–H and O–H groups in total. The number of benzene rings is 1. The van der Waals surface area contributed by atoms with Gasteiger partial charge in [0.1, 0.15) is 0 Å². The lowest BCUT2D eigenvalue weighted by molar-refractivity contribution is -0.127. The molecule has 0 spiro atoms. The molecule has 0 atom stereocenters. The maximum Gasteiger partial charge on any atom is 0.233 e. The Bertz CT molecular complexity index is 952. The van der Waals surface area contributed by atoms with E-state index in [-0.39, 0.29) is 5.91 Å². The highest BCUT2D eigenvalue weighted by Crippen LogP contribution is 2.42. The first-order chi connectivity index (χ1) is 12.8. The van der Waals surface area contributed by atoms with Crippen LogP contribution in [0.1, 0.15) is 31.7 Å². The molecule has 26 heavy (non-hydrogen) atoms. The monoisotopic (exact) mass is 367 g/mol. The number of hydrogen-bond donors (Lipinski definition) is 1. The summed E-state index contributed by atoms with van der Waals surface area (Å²) in [5.41, 5.74) is 2.18. The second-order valence-electron chi connectivity index (χ2n) is 7.03. The van der Waals surface area contributed by atoms with Crippen molar-refractivity contribution in [2.75, 3.05) is 18.8 Å². The average Bonchev–Trinajstić information content (AvgIpc) is 3.09. The predicted molar refractivity (Wildman–Crippen MR) is 102 cm³/mol. The minimum absolute atomic E-state index is 0.214. The van der Waals surface area contributed by atoms with Crippen LogP contribution in [0, 0.1) is 0 Å². The van der Waals surface area contributed by atoms with E-state index >= 15 is 0 Å². The van der Waals surface area contributed by atoms with Gasteiger partial charge < -0.3 is 9.88 Å². The predicted octanol–water partition coefficient (Wildman–Crippen LogP) is 3.48. The molecule has 0 unspecified atom stereocenters. The molecule has 0 radical (unpaired) electrons. The standard InChI is InChI=1S/C19H21N5OS/c25-17(23-9-3-4-10-23)12-26-19-22-21-18(24(19)13-7-8-13)15-11-20-16-6-2-1-5-14(15)16/h1-2,5-6,11,13,20H,3-4,7-10,12H2. The summed E-state index contributed by atoms with van der Waals surface area (Å²) in [6.45, 7) is 1.80. The van der Waals surface area contributed by atoms with E-state index in [9.17, 15) is 4.79 Å². The molecular weight excluding hydrogens is 346 g/mol. The number of aromatic amines is 1. The summed E-state index contributed by atoms with van der Waals surface area (Å²) < 4.78 is 2.23. The second kappa shape index (κ2) is 6.46. The fourth-order valence-corrected chi connectivity index (χ4v) is 4.57. The second-order valence-corrected chi connectivity index (χ2v) is 7.97. The fraction of sp³-hybridized carbons (Fsp3) is 0.421. The molecule has 3 aromatic rings. The van der Waals surface area contributed by atoms with Gasteiger partial charge in [0, 0.05) is 41.8 Å². The van der Waals surface area contributed by atoms with Crippen molar-refractivity contribution >= 4 is 28.6 Å². The summed E-state index contributed by atoms with van der Waals surface area (Å²) in [6.07, 6.45) is 6.57. The third-order valence-corrected chi connectivity index (χ3v) is 6.12. The molecule has 5 rings (SSSR count). The average molecular weight is 367 g/mol. The van der Waals surface area contributed by atoms with Crippen molar-refractivity contribution < 1.29 is 4.79 Å². The Balaban J connectivity index is 1.44. The smallest absolute Gasteiger partial charge is 0.233 e. The van der Waals surface area contributed by atoms with Gasteiger partial charge in [0.05, 0.1) is 5.75 Å². The van der Waals surface area contributed by atoms with Crippen molar-refractivity contribution in [1.82, 2.24) is 24.6 Å². The van der Waals surface area contributed by atoms with Crippen LogP contribution in [0.4, 0.5) is 0 Å². The highest BCUT2D eigenvalue weighted by Gasteiger charge is 2.31. The Hall–Kier alpha value is -2.28. The van der Waals surface area contributed by atoms with Crippen molar-refractivity contribution in [3.63, 3.8) is 0 Å². The van der Waals surface area contributed by atoms with Crippen molar-refractivity contribution in [2.45, 2.75) is 36.9 Å². The van der Waals surface area contributed by atoms with Gasteiger partial charge in [0.2, 0.25) is 5.91 Å². The number of para-hydroxylation sites is 1. The van der Waals surface area contributed by atoms with Crippen LogP contribution in [0.3, 0.4) is 0 Å². The molecule has 2 aliphatic rings. The van der Waals surface area contributed by atoms with Crippen molar-refractivity contribution in [2.24, 2.45) is 0 Å². The van der Waals surface area contributed by atoms with Crippen molar-refractivity contribution in [3.05, 3.63) is 30.5 Å². The molecule has 7 heteroatoms. The number of nitrogens with one attached hydrogen (secondary N) is 1.